The smallest absolute Gasteiger partial charge is 0.449 e. The Kier molecular flexibility index (Phi) is 6.56. The standard InChI is InChI=1S/C8H10BF3N.K/c1-7-8(3-2-6-13-7)4-5-9(10,11)12;/h2-3,6H,4-5H2,1H3;/q-1;+1. The Bertz CT molecular complexity index is 290. The van der Waals surface area contributed by atoms with Crippen LogP contribution in [0, 0.1) is 6.92 Å². The first-order valence-corrected chi connectivity index (χ1v) is 4.10. The molecule has 0 bridgehead atoms. The van der Waals surface area contributed by atoms with Crippen molar-refractivity contribution in [2.45, 2.75) is 19.7 Å². The molecule has 6 heteroatoms. The molecule has 0 aliphatic rings. The Morgan fingerprint density at radius 3 is 2.50 bits per heavy atom. The van der Waals surface area contributed by atoms with Crippen LogP contribution < -0.4 is 51.4 Å². The first-order chi connectivity index (χ1) is 5.99. The summed E-state index contributed by atoms with van der Waals surface area (Å²) in [7, 11) is 0. The van der Waals surface area contributed by atoms with E-state index in [1.54, 1.807) is 25.3 Å². The van der Waals surface area contributed by atoms with Crippen molar-refractivity contribution in [1.29, 1.82) is 0 Å². The van der Waals surface area contributed by atoms with Crippen molar-refractivity contribution in [3.8, 4) is 0 Å². The number of hydrogen-bond donors (Lipinski definition) is 0. The molecule has 0 amide bonds. The number of hydrogen-bond acceptors (Lipinski definition) is 1. The molecular weight excluding hydrogens is 217 g/mol. The van der Waals surface area contributed by atoms with E-state index >= 15 is 0 Å². The van der Waals surface area contributed by atoms with Gasteiger partial charge in [-0.25, -0.2) is 0 Å². The molecule has 0 aliphatic carbocycles. The third kappa shape index (κ3) is 5.50. The summed E-state index contributed by atoms with van der Waals surface area (Å²) in [4.78, 5) is 3.92. The summed E-state index contributed by atoms with van der Waals surface area (Å²) >= 11 is 0. The quantitative estimate of drug-likeness (QED) is 0.651. The van der Waals surface area contributed by atoms with Crippen LogP contribution in [0.4, 0.5) is 12.9 Å². The van der Waals surface area contributed by atoms with Crippen LogP contribution in [0.5, 0.6) is 0 Å². The van der Waals surface area contributed by atoms with Gasteiger partial charge in [-0.2, -0.15) is 0 Å². The van der Waals surface area contributed by atoms with Crippen molar-refractivity contribution in [3.63, 3.8) is 0 Å². The van der Waals surface area contributed by atoms with Crippen molar-refractivity contribution in [3.05, 3.63) is 29.6 Å². The Labute approximate surface area is 124 Å². The first kappa shape index (κ1) is 14.6. The molecule has 1 heterocycles. The predicted octanol–water partition coefficient (Wildman–Crippen LogP) is -0.216. The minimum atomic E-state index is -4.67. The van der Waals surface area contributed by atoms with E-state index in [9.17, 15) is 12.9 Å². The summed E-state index contributed by atoms with van der Waals surface area (Å²) in [6, 6.07) is 3.34. The summed E-state index contributed by atoms with van der Waals surface area (Å²) in [6.07, 6.45) is 0.910. The number of halogens is 3. The van der Waals surface area contributed by atoms with E-state index in [4.69, 9.17) is 0 Å². The molecular formula is C8H10BF3KN. The van der Waals surface area contributed by atoms with Crippen LogP contribution in [0.25, 0.3) is 0 Å². The number of aryl methyl sites for hydroxylation is 2. The van der Waals surface area contributed by atoms with Crippen LogP contribution in [0.3, 0.4) is 0 Å². The molecule has 0 aromatic carbocycles. The second-order valence-electron chi connectivity index (χ2n) is 3.00. The molecule has 1 aromatic heterocycles. The summed E-state index contributed by atoms with van der Waals surface area (Å²) in [5.74, 6) is 0. The number of pyridine rings is 1. The zero-order valence-electron chi connectivity index (χ0n) is 8.30. The minimum Gasteiger partial charge on any atom is -0.449 e. The van der Waals surface area contributed by atoms with Crippen molar-refractivity contribution < 1.29 is 64.3 Å². The maximum atomic E-state index is 11.9. The fourth-order valence-corrected chi connectivity index (χ4v) is 1.10. The third-order valence-electron chi connectivity index (χ3n) is 1.86. The molecule has 72 valence electrons. The number of nitrogens with zero attached hydrogens (tertiary/aromatic N) is 1. The Morgan fingerprint density at radius 1 is 1.36 bits per heavy atom. The number of aromatic nitrogens is 1. The maximum absolute atomic E-state index is 11.9. The maximum Gasteiger partial charge on any atom is 1.00 e. The van der Waals surface area contributed by atoms with E-state index in [2.05, 4.69) is 4.98 Å². The van der Waals surface area contributed by atoms with Gasteiger partial charge in [-0.15, -0.1) is 0 Å². The summed E-state index contributed by atoms with van der Waals surface area (Å²) in [5, 5.41) is 0. The molecule has 0 atom stereocenters. The van der Waals surface area contributed by atoms with Gasteiger partial charge < -0.3 is 12.9 Å². The summed E-state index contributed by atoms with van der Waals surface area (Å²) in [5.41, 5.74) is 1.37. The summed E-state index contributed by atoms with van der Waals surface area (Å²) < 4.78 is 35.7. The van der Waals surface area contributed by atoms with Crippen molar-refractivity contribution in [2.75, 3.05) is 0 Å². The van der Waals surface area contributed by atoms with Gasteiger partial charge in [0.25, 0.3) is 0 Å². The molecule has 0 radical (unpaired) electrons. The Hall–Kier alpha value is 0.641. The van der Waals surface area contributed by atoms with E-state index in [1.807, 2.05) is 0 Å². The van der Waals surface area contributed by atoms with Crippen molar-refractivity contribution in [2.24, 2.45) is 0 Å². The SMILES string of the molecule is Cc1ncccc1CC[B-](F)(F)F.[K+]. The number of rotatable bonds is 3. The van der Waals surface area contributed by atoms with Crippen LogP contribution >= 0.6 is 0 Å². The Balaban J connectivity index is 0.00000169. The van der Waals surface area contributed by atoms with Gasteiger partial charge in [0.2, 0.25) is 0 Å². The van der Waals surface area contributed by atoms with Gasteiger partial charge in [-0.3, -0.25) is 4.98 Å². The molecule has 0 fully saturated rings. The third-order valence-corrected chi connectivity index (χ3v) is 1.86. The minimum absolute atomic E-state index is 0. The molecule has 1 rings (SSSR count). The Morgan fingerprint density at radius 2 is 2.00 bits per heavy atom. The molecule has 0 spiro atoms. The molecule has 0 aliphatic heterocycles. The zero-order chi connectivity index (χ0) is 9.90. The van der Waals surface area contributed by atoms with Gasteiger partial charge in [0.1, 0.15) is 0 Å². The molecule has 0 saturated heterocycles. The normalized spacial score (nSPS) is 10.9. The second kappa shape index (κ2) is 6.27. The first-order valence-electron chi connectivity index (χ1n) is 4.10. The molecule has 1 aromatic rings. The van der Waals surface area contributed by atoms with E-state index in [1.165, 1.54) is 0 Å². The van der Waals surface area contributed by atoms with Gasteiger partial charge in [0.05, 0.1) is 0 Å². The average Bonchev–Trinajstić information content (AvgIpc) is 2.01. The van der Waals surface area contributed by atoms with E-state index < -0.39 is 13.3 Å². The van der Waals surface area contributed by atoms with E-state index in [0.29, 0.717) is 11.3 Å². The average molecular weight is 227 g/mol. The zero-order valence-corrected chi connectivity index (χ0v) is 11.4. The fourth-order valence-electron chi connectivity index (χ4n) is 1.10. The molecule has 0 N–H and O–H groups in total. The van der Waals surface area contributed by atoms with E-state index in [0.717, 1.165) is 0 Å². The fraction of sp³-hybridized carbons (Fsp3) is 0.375. The van der Waals surface area contributed by atoms with Gasteiger partial charge >= 0.3 is 58.4 Å². The predicted molar refractivity (Wildman–Crippen MR) is 46.6 cm³/mol. The van der Waals surface area contributed by atoms with Crippen molar-refractivity contribution >= 4 is 6.98 Å². The van der Waals surface area contributed by atoms with Crippen molar-refractivity contribution in [1.82, 2.24) is 4.98 Å². The molecule has 0 saturated carbocycles. The largest absolute Gasteiger partial charge is 1.00 e. The second-order valence-corrected chi connectivity index (χ2v) is 3.00. The van der Waals surface area contributed by atoms with Gasteiger partial charge in [0.15, 0.2) is 0 Å². The van der Waals surface area contributed by atoms with Gasteiger partial charge in [0, 0.05) is 11.9 Å². The van der Waals surface area contributed by atoms with Crippen LogP contribution in [0.15, 0.2) is 18.3 Å². The van der Waals surface area contributed by atoms with Crippen LogP contribution in [-0.4, -0.2) is 12.0 Å². The topological polar surface area (TPSA) is 12.9 Å². The molecule has 1 nitrogen and oxygen atoms in total. The van der Waals surface area contributed by atoms with Gasteiger partial charge in [-0.1, -0.05) is 12.4 Å². The van der Waals surface area contributed by atoms with Crippen LogP contribution in [-0.2, 0) is 6.42 Å². The molecule has 14 heavy (non-hydrogen) atoms. The monoisotopic (exact) mass is 227 g/mol. The van der Waals surface area contributed by atoms with Gasteiger partial charge in [-0.05, 0) is 25.0 Å². The van der Waals surface area contributed by atoms with E-state index in [-0.39, 0.29) is 57.8 Å². The summed E-state index contributed by atoms with van der Waals surface area (Å²) in [6.45, 7) is -2.95. The van der Waals surface area contributed by atoms with Crippen LogP contribution in [0.2, 0.25) is 6.32 Å². The molecule has 0 unspecified atom stereocenters. The van der Waals surface area contributed by atoms with Crippen LogP contribution in [0.1, 0.15) is 11.3 Å².